The van der Waals surface area contributed by atoms with Crippen LogP contribution in [0.15, 0.2) is 0 Å². The molecule has 0 amide bonds. The van der Waals surface area contributed by atoms with Crippen LogP contribution in [-0.4, -0.2) is 40.9 Å². The molecule has 2 rings (SSSR count). The van der Waals surface area contributed by atoms with Crippen molar-refractivity contribution < 1.29 is 14.2 Å². The van der Waals surface area contributed by atoms with Crippen molar-refractivity contribution in [2.45, 2.75) is 25.9 Å². The number of hydrogen-bond acceptors (Lipinski definition) is 7. The van der Waals surface area contributed by atoms with Crippen molar-refractivity contribution in [3.8, 4) is 12.0 Å². The quantitative estimate of drug-likeness (QED) is 0.796. The molecule has 0 bridgehead atoms. The summed E-state index contributed by atoms with van der Waals surface area (Å²) in [5.41, 5.74) is 5.52. The second kappa shape index (κ2) is 5.62. The Labute approximate surface area is 99.3 Å². The summed E-state index contributed by atoms with van der Waals surface area (Å²) < 4.78 is 16.0. The van der Waals surface area contributed by atoms with Crippen molar-refractivity contribution in [2.24, 2.45) is 0 Å². The number of nitrogen functional groups attached to an aromatic ring is 1. The smallest absolute Gasteiger partial charge is 0.324 e. The van der Waals surface area contributed by atoms with E-state index in [4.69, 9.17) is 19.9 Å². The van der Waals surface area contributed by atoms with E-state index >= 15 is 0 Å². The Kier molecular flexibility index (Phi) is 3.92. The number of hydrogen-bond donors (Lipinski definition) is 1. The van der Waals surface area contributed by atoms with Crippen LogP contribution in [-0.2, 0) is 4.74 Å². The lowest BCUT2D eigenvalue weighted by Crippen LogP contribution is -2.18. The SMILES string of the molecule is CCOc1nc(N)nc(OCC2CCCO2)n1. The molecule has 1 fully saturated rings. The number of anilines is 1. The maximum absolute atomic E-state index is 5.52. The average molecular weight is 240 g/mol. The number of nitrogens with two attached hydrogens (primary N) is 1. The van der Waals surface area contributed by atoms with Crippen LogP contribution in [0, 0.1) is 0 Å². The van der Waals surface area contributed by atoms with E-state index in [9.17, 15) is 0 Å². The van der Waals surface area contributed by atoms with Crippen LogP contribution < -0.4 is 15.2 Å². The lowest BCUT2D eigenvalue weighted by molar-refractivity contribution is 0.0641. The largest absolute Gasteiger partial charge is 0.464 e. The first-order valence-electron chi connectivity index (χ1n) is 5.66. The highest BCUT2D eigenvalue weighted by atomic mass is 16.5. The van der Waals surface area contributed by atoms with Gasteiger partial charge in [0.05, 0.1) is 12.7 Å². The van der Waals surface area contributed by atoms with Gasteiger partial charge in [0.2, 0.25) is 5.95 Å². The van der Waals surface area contributed by atoms with Crippen LogP contribution in [0.2, 0.25) is 0 Å². The minimum Gasteiger partial charge on any atom is -0.464 e. The second-order valence-corrected chi connectivity index (χ2v) is 3.64. The van der Waals surface area contributed by atoms with Crippen LogP contribution in [0.1, 0.15) is 19.8 Å². The normalized spacial score (nSPS) is 19.2. The molecule has 0 spiro atoms. The molecule has 7 nitrogen and oxygen atoms in total. The Morgan fingerprint density at radius 2 is 2.06 bits per heavy atom. The molecule has 0 saturated carbocycles. The first-order chi connectivity index (χ1) is 8.28. The fourth-order valence-corrected chi connectivity index (χ4v) is 1.55. The molecular formula is C10H16N4O3. The summed E-state index contributed by atoms with van der Waals surface area (Å²) in [4.78, 5) is 11.7. The van der Waals surface area contributed by atoms with E-state index in [1.165, 1.54) is 0 Å². The second-order valence-electron chi connectivity index (χ2n) is 3.64. The molecule has 2 N–H and O–H groups in total. The molecule has 7 heteroatoms. The summed E-state index contributed by atoms with van der Waals surface area (Å²) in [6.45, 7) is 3.52. The standard InChI is InChI=1S/C10H16N4O3/c1-2-15-9-12-8(11)13-10(14-9)17-6-7-4-3-5-16-7/h7H,2-6H2,1H3,(H2,11,12,13,14). The Bertz CT molecular complexity index is 369. The van der Waals surface area contributed by atoms with Gasteiger partial charge in [-0.2, -0.15) is 9.97 Å². The maximum atomic E-state index is 5.52. The Hall–Kier alpha value is -1.63. The molecule has 1 atom stereocenters. The third kappa shape index (κ3) is 3.42. The zero-order valence-electron chi connectivity index (χ0n) is 9.76. The highest BCUT2D eigenvalue weighted by molar-refractivity contribution is 5.20. The van der Waals surface area contributed by atoms with Gasteiger partial charge in [0.15, 0.2) is 0 Å². The molecule has 1 aromatic heterocycles. The highest BCUT2D eigenvalue weighted by Gasteiger charge is 2.17. The van der Waals surface area contributed by atoms with Crippen molar-refractivity contribution >= 4 is 5.95 Å². The van der Waals surface area contributed by atoms with E-state index in [1.54, 1.807) is 0 Å². The van der Waals surface area contributed by atoms with Gasteiger partial charge in [0, 0.05) is 6.61 Å². The van der Waals surface area contributed by atoms with Gasteiger partial charge in [0.1, 0.15) is 6.61 Å². The molecule has 0 aromatic carbocycles. The summed E-state index contributed by atoms with van der Waals surface area (Å²) in [6.07, 6.45) is 2.18. The molecular weight excluding hydrogens is 224 g/mol. The summed E-state index contributed by atoms with van der Waals surface area (Å²) in [6, 6.07) is 0.360. The van der Waals surface area contributed by atoms with Crippen molar-refractivity contribution in [2.75, 3.05) is 25.6 Å². The van der Waals surface area contributed by atoms with E-state index < -0.39 is 0 Å². The number of aromatic nitrogens is 3. The number of nitrogens with zero attached hydrogens (tertiary/aromatic N) is 3. The van der Waals surface area contributed by atoms with E-state index in [2.05, 4.69) is 15.0 Å². The average Bonchev–Trinajstić information content (AvgIpc) is 2.79. The van der Waals surface area contributed by atoms with Gasteiger partial charge in [0.25, 0.3) is 0 Å². The molecule has 2 heterocycles. The number of rotatable bonds is 5. The maximum Gasteiger partial charge on any atom is 0.324 e. The Morgan fingerprint density at radius 3 is 2.71 bits per heavy atom. The highest BCUT2D eigenvalue weighted by Crippen LogP contribution is 2.15. The molecule has 1 aliphatic rings. The molecule has 1 unspecified atom stereocenters. The van der Waals surface area contributed by atoms with Crippen LogP contribution in [0.5, 0.6) is 12.0 Å². The van der Waals surface area contributed by atoms with E-state index in [0.717, 1.165) is 19.4 Å². The summed E-state index contributed by atoms with van der Waals surface area (Å²) in [5, 5.41) is 0. The molecule has 0 aliphatic carbocycles. The zero-order chi connectivity index (χ0) is 12.1. The Balaban J connectivity index is 1.94. The zero-order valence-corrected chi connectivity index (χ0v) is 9.76. The fraction of sp³-hybridized carbons (Fsp3) is 0.700. The van der Waals surface area contributed by atoms with Crippen molar-refractivity contribution in [1.82, 2.24) is 15.0 Å². The summed E-state index contributed by atoms with van der Waals surface area (Å²) in [5.74, 6) is 0.0887. The van der Waals surface area contributed by atoms with Crippen LogP contribution >= 0.6 is 0 Å². The van der Waals surface area contributed by atoms with Crippen LogP contribution in [0.3, 0.4) is 0 Å². The van der Waals surface area contributed by atoms with E-state index in [0.29, 0.717) is 13.2 Å². The van der Waals surface area contributed by atoms with Crippen molar-refractivity contribution in [3.63, 3.8) is 0 Å². The van der Waals surface area contributed by atoms with Gasteiger partial charge in [-0.05, 0) is 19.8 Å². The van der Waals surface area contributed by atoms with Gasteiger partial charge >= 0.3 is 12.0 Å². The van der Waals surface area contributed by atoms with Gasteiger partial charge in [-0.1, -0.05) is 0 Å². The van der Waals surface area contributed by atoms with Crippen molar-refractivity contribution in [1.29, 1.82) is 0 Å². The molecule has 1 aliphatic heterocycles. The van der Waals surface area contributed by atoms with Gasteiger partial charge < -0.3 is 19.9 Å². The van der Waals surface area contributed by atoms with Crippen LogP contribution in [0.4, 0.5) is 5.95 Å². The fourth-order valence-electron chi connectivity index (χ4n) is 1.55. The third-order valence-electron chi connectivity index (χ3n) is 2.31. The molecule has 1 saturated heterocycles. The third-order valence-corrected chi connectivity index (χ3v) is 2.31. The number of ether oxygens (including phenoxy) is 3. The predicted octanol–water partition coefficient (Wildman–Crippen LogP) is 0.410. The first-order valence-corrected chi connectivity index (χ1v) is 5.66. The van der Waals surface area contributed by atoms with Gasteiger partial charge in [-0.15, -0.1) is 4.98 Å². The van der Waals surface area contributed by atoms with Crippen LogP contribution in [0.25, 0.3) is 0 Å². The minimum absolute atomic E-state index is 0.0887. The van der Waals surface area contributed by atoms with Gasteiger partial charge in [-0.25, -0.2) is 0 Å². The van der Waals surface area contributed by atoms with Crippen molar-refractivity contribution in [3.05, 3.63) is 0 Å². The monoisotopic (exact) mass is 240 g/mol. The molecule has 94 valence electrons. The molecule has 1 aromatic rings. The molecule has 0 radical (unpaired) electrons. The predicted molar refractivity (Wildman–Crippen MR) is 59.9 cm³/mol. The van der Waals surface area contributed by atoms with E-state index in [-0.39, 0.29) is 24.1 Å². The molecule has 17 heavy (non-hydrogen) atoms. The summed E-state index contributed by atoms with van der Waals surface area (Å²) in [7, 11) is 0. The Morgan fingerprint density at radius 1 is 1.29 bits per heavy atom. The lowest BCUT2D eigenvalue weighted by Gasteiger charge is -2.10. The van der Waals surface area contributed by atoms with E-state index in [1.807, 2.05) is 6.92 Å². The minimum atomic E-state index is 0.0887. The topological polar surface area (TPSA) is 92.4 Å². The lowest BCUT2D eigenvalue weighted by atomic mass is 10.2. The van der Waals surface area contributed by atoms with Gasteiger partial charge in [-0.3, -0.25) is 0 Å². The first kappa shape index (κ1) is 11.8. The summed E-state index contributed by atoms with van der Waals surface area (Å²) >= 11 is 0.